The lowest BCUT2D eigenvalue weighted by molar-refractivity contribution is -0.116. The quantitative estimate of drug-likeness (QED) is 0.469. The molecular formula is C16H14N6OS2. The summed E-state index contributed by atoms with van der Waals surface area (Å²) in [5.41, 5.74) is 0.702. The van der Waals surface area contributed by atoms with E-state index < -0.39 is 0 Å². The molecule has 0 N–H and O–H groups in total. The van der Waals surface area contributed by atoms with Crippen molar-refractivity contribution in [2.45, 2.75) is 11.7 Å². The Morgan fingerprint density at radius 3 is 2.84 bits per heavy atom. The van der Waals surface area contributed by atoms with Gasteiger partial charge in [0.25, 0.3) is 0 Å². The number of thiophene rings is 1. The van der Waals surface area contributed by atoms with Gasteiger partial charge in [-0.15, -0.1) is 16.4 Å². The lowest BCUT2D eigenvalue weighted by atomic mass is 10.3. The van der Waals surface area contributed by atoms with Crippen molar-refractivity contribution in [3.63, 3.8) is 0 Å². The van der Waals surface area contributed by atoms with E-state index in [2.05, 4.69) is 15.5 Å². The van der Waals surface area contributed by atoms with Crippen molar-refractivity contribution >= 4 is 34.7 Å². The number of nitrogens with zero attached hydrogens (tertiary/aromatic N) is 6. The number of nitriles is 1. The molecule has 0 radical (unpaired) electrons. The van der Waals surface area contributed by atoms with Crippen LogP contribution in [-0.2, 0) is 11.3 Å². The molecule has 2 heterocycles. The first-order chi connectivity index (χ1) is 12.3. The molecule has 3 aromatic rings. The molecule has 0 saturated carbocycles. The van der Waals surface area contributed by atoms with E-state index in [4.69, 9.17) is 5.26 Å². The van der Waals surface area contributed by atoms with Gasteiger partial charge in [-0.05, 0) is 34.0 Å². The van der Waals surface area contributed by atoms with E-state index >= 15 is 0 Å². The Labute approximate surface area is 152 Å². The van der Waals surface area contributed by atoms with E-state index in [1.54, 1.807) is 28.2 Å². The standard InChI is InChI=1S/C16H14N6OS2/c17-8-9-21(13-5-2-1-3-6-13)15(23)12-25-16-18-19-20-22(16)11-14-7-4-10-24-14/h1-7,10H,9,11-12H2. The maximum absolute atomic E-state index is 12.5. The van der Waals surface area contributed by atoms with Crippen LogP contribution >= 0.6 is 23.1 Å². The van der Waals surface area contributed by atoms with Gasteiger partial charge in [-0.2, -0.15) is 5.26 Å². The molecule has 7 nitrogen and oxygen atoms in total. The van der Waals surface area contributed by atoms with Crippen LogP contribution in [0.3, 0.4) is 0 Å². The molecule has 25 heavy (non-hydrogen) atoms. The SMILES string of the molecule is N#CCN(C(=O)CSc1nnnn1Cc1cccs1)c1ccccc1. The largest absolute Gasteiger partial charge is 0.298 e. The summed E-state index contributed by atoms with van der Waals surface area (Å²) in [7, 11) is 0. The van der Waals surface area contributed by atoms with Crippen molar-refractivity contribution in [1.82, 2.24) is 20.2 Å². The van der Waals surface area contributed by atoms with Crippen LogP contribution in [0.5, 0.6) is 0 Å². The number of hydrogen-bond acceptors (Lipinski definition) is 7. The maximum Gasteiger partial charge on any atom is 0.238 e. The molecule has 0 spiro atoms. The molecule has 0 aliphatic carbocycles. The van der Waals surface area contributed by atoms with Crippen LogP contribution in [0.15, 0.2) is 53.0 Å². The minimum absolute atomic E-state index is 0.00351. The van der Waals surface area contributed by atoms with Gasteiger partial charge < -0.3 is 0 Å². The third kappa shape index (κ3) is 4.43. The van der Waals surface area contributed by atoms with Gasteiger partial charge in [-0.25, -0.2) is 4.68 Å². The van der Waals surface area contributed by atoms with E-state index in [1.807, 2.05) is 41.8 Å². The summed E-state index contributed by atoms with van der Waals surface area (Å²) in [5, 5.41) is 23.2. The number of hydrogen-bond donors (Lipinski definition) is 0. The number of amides is 1. The highest BCUT2D eigenvalue weighted by Gasteiger charge is 2.17. The fourth-order valence-corrected chi connectivity index (χ4v) is 3.59. The smallest absolute Gasteiger partial charge is 0.238 e. The monoisotopic (exact) mass is 370 g/mol. The number of rotatable bonds is 7. The topological polar surface area (TPSA) is 87.7 Å². The van der Waals surface area contributed by atoms with Crippen LogP contribution in [0.4, 0.5) is 5.69 Å². The highest BCUT2D eigenvalue weighted by molar-refractivity contribution is 7.99. The number of tetrazole rings is 1. The van der Waals surface area contributed by atoms with Crippen molar-refractivity contribution in [2.75, 3.05) is 17.2 Å². The second-order valence-corrected chi connectivity index (χ2v) is 6.94. The van der Waals surface area contributed by atoms with Gasteiger partial charge in [-0.1, -0.05) is 36.0 Å². The average Bonchev–Trinajstić information content (AvgIpc) is 3.31. The van der Waals surface area contributed by atoms with Gasteiger partial charge in [0.1, 0.15) is 6.54 Å². The Morgan fingerprint density at radius 2 is 2.12 bits per heavy atom. The Hall–Kier alpha value is -2.70. The van der Waals surface area contributed by atoms with Crippen LogP contribution < -0.4 is 4.90 Å². The fourth-order valence-electron chi connectivity index (χ4n) is 2.16. The molecule has 2 aromatic heterocycles. The minimum Gasteiger partial charge on any atom is -0.298 e. The summed E-state index contributed by atoms with van der Waals surface area (Å²) in [6.45, 7) is 0.575. The number of carbonyl (C=O) groups is 1. The average molecular weight is 370 g/mol. The summed E-state index contributed by atoms with van der Waals surface area (Å²) < 4.78 is 1.67. The molecule has 0 aliphatic heterocycles. The zero-order valence-corrected chi connectivity index (χ0v) is 14.8. The summed E-state index contributed by atoms with van der Waals surface area (Å²) in [5.74, 6) is -0.00934. The van der Waals surface area contributed by atoms with Gasteiger partial charge in [0.15, 0.2) is 0 Å². The number of carbonyl (C=O) groups excluding carboxylic acids is 1. The molecule has 9 heteroatoms. The molecular weight excluding hydrogens is 356 g/mol. The predicted molar refractivity (Wildman–Crippen MR) is 96.4 cm³/mol. The first-order valence-electron chi connectivity index (χ1n) is 7.41. The first kappa shape index (κ1) is 17.1. The van der Waals surface area contributed by atoms with Crippen molar-refractivity contribution in [1.29, 1.82) is 5.26 Å². The van der Waals surface area contributed by atoms with Crippen molar-refractivity contribution in [3.05, 3.63) is 52.7 Å². The highest BCUT2D eigenvalue weighted by atomic mass is 32.2. The number of aromatic nitrogens is 4. The van der Waals surface area contributed by atoms with E-state index in [0.29, 0.717) is 17.4 Å². The maximum atomic E-state index is 12.5. The van der Waals surface area contributed by atoms with Crippen molar-refractivity contribution in [3.8, 4) is 6.07 Å². The van der Waals surface area contributed by atoms with Gasteiger partial charge in [-0.3, -0.25) is 9.69 Å². The van der Waals surface area contributed by atoms with Crippen LogP contribution in [0, 0.1) is 11.3 Å². The van der Waals surface area contributed by atoms with Gasteiger partial charge in [0, 0.05) is 10.6 Å². The fraction of sp³-hybridized carbons (Fsp3) is 0.188. The Balaban J connectivity index is 1.65. The van der Waals surface area contributed by atoms with Crippen LogP contribution in [-0.4, -0.2) is 38.4 Å². The normalized spacial score (nSPS) is 10.4. The van der Waals surface area contributed by atoms with Crippen molar-refractivity contribution < 1.29 is 4.79 Å². The molecule has 0 aliphatic rings. The first-order valence-corrected chi connectivity index (χ1v) is 9.28. The van der Waals surface area contributed by atoms with Gasteiger partial charge in [0.2, 0.25) is 11.1 Å². The third-order valence-corrected chi connectivity index (χ3v) is 5.11. The molecule has 0 atom stereocenters. The molecule has 0 fully saturated rings. The third-order valence-electron chi connectivity index (χ3n) is 3.31. The van der Waals surface area contributed by atoms with E-state index in [9.17, 15) is 4.79 Å². The highest BCUT2D eigenvalue weighted by Crippen LogP contribution is 2.20. The summed E-state index contributed by atoms with van der Waals surface area (Å²) in [6.07, 6.45) is 0. The summed E-state index contributed by atoms with van der Waals surface area (Å²) >= 11 is 2.89. The summed E-state index contributed by atoms with van der Waals surface area (Å²) in [4.78, 5) is 15.1. The van der Waals surface area contributed by atoms with E-state index in [1.165, 1.54) is 16.7 Å². The van der Waals surface area contributed by atoms with Crippen molar-refractivity contribution in [2.24, 2.45) is 0 Å². The van der Waals surface area contributed by atoms with Crippen LogP contribution in [0.2, 0.25) is 0 Å². The molecule has 3 rings (SSSR count). The second-order valence-electron chi connectivity index (χ2n) is 4.96. The molecule has 0 bridgehead atoms. The predicted octanol–water partition coefficient (Wildman–Crippen LogP) is 2.43. The van der Waals surface area contributed by atoms with Gasteiger partial charge >= 0.3 is 0 Å². The molecule has 1 amide bonds. The lowest BCUT2D eigenvalue weighted by Gasteiger charge is -2.19. The molecule has 1 aromatic carbocycles. The summed E-state index contributed by atoms with van der Waals surface area (Å²) in [6, 6.07) is 15.2. The number of thioether (sulfide) groups is 1. The number of benzene rings is 1. The minimum atomic E-state index is -0.163. The Morgan fingerprint density at radius 1 is 1.28 bits per heavy atom. The van der Waals surface area contributed by atoms with E-state index in [0.717, 1.165) is 4.88 Å². The zero-order valence-electron chi connectivity index (χ0n) is 13.1. The lowest BCUT2D eigenvalue weighted by Crippen LogP contribution is -2.32. The number of para-hydroxylation sites is 1. The van der Waals surface area contributed by atoms with Crippen LogP contribution in [0.1, 0.15) is 4.88 Å². The van der Waals surface area contributed by atoms with E-state index in [-0.39, 0.29) is 18.2 Å². The molecule has 0 unspecified atom stereocenters. The number of anilines is 1. The van der Waals surface area contributed by atoms with Crippen LogP contribution in [0.25, 0.3) is 0 Å². The molecule has 126 valence electrons. The zero-order chi connectivity index (χ0) is 17.5. The second kappa shape index (κ2) is 8.41. The Bertz CT molecular complexity index is 856. The van der Waals surface area contributed by atoms with Gasteiger partial charge in [0.05, 0.1) is 18.4 Å². The Kier molecular flexibility index (Phi) is 5.77. The molecule has 0 saturated heterocycles.